The molecular weight excluding hydrogens is 281 g/mol. The molecule has 0 aliphatic rings. The first-order chi connectivity index (χ1) is 9.13. The zero-order valence-corrected chi connectivity index (χ0v) is 12.6. The Labute approximate surface area is 122 Å². The fourth-order valence-corrected chi connectivity index (χ4v) is 3.24. The molecule has 1 aromatic heterocycles. The SMILES string of the molecule is CCc1ccc(CC(NC)c2ccc(Cl)cc2F)s1. The van der Waals surface area contributed by atoms with Gasteiger partial charge in [-0.2, -0.15) is 0 Å². The number of hydrogen-bond acceptors (Lipinski definition) is 2. The zero-order chi connectivity index (χ0) is 13.8. The number of thiophene rings is 1. The Morgan fingerprint density at radius 3 is 2.58 bits per heavy atom. The summed E-state index contributed by atoms with van der Waals surface area (Å²) in [5, 5.41) is 3.61. The summed E-state index contributed by atoms with van der Waals surface area (Å²) < 4.78 is 13.9. The monoisotopic (exact) mass is 297 g/mol. The molecule has 2 rings (SSSR count). The lowest BCUT2D eigenvalue weighted by atomic mass is 10.0. The van der Waals surface area contributed by atoms with Crippen molar-refractivity contribution in [2.24, 2.45) is 0 Å². The first-order valence-corrected chi connectivity index (χ1v) is 7.53. The number of likely N-dealkylation sites (N-methyl/N-ethyl adjacent to an activating group) is 1. The molecule has 102 valence electrons. The second kappa shape index (κ2) is 6.51. The van der Waals surface area contributed by atoms with Crippen molar-refractivity contribution in [3.8, 4) is 0 Å². The second-order valence-corrected chi connectivity index (χ2v) is 6.12. The molecule has 1 unspecified atom stereocenters. The van der Waals surface area contributed by atoms with E-state index in [9.17, 15) is 4.39 Å². The summed E-state index contributed by atoms with van der Waals surface area (Å²) in [6.07, 6.45) is 1.84. The molecular formula is C15H17ClFNS. The summed E-state index contributed by atoms with van der Waals surface area (Å²) in [5.41, 5.74) is 0.665. The molecule has 1 heterocycles. The van der Waals surface area contributed by atoms with Gasteiger partial charge in [-0.05, 0) is 37.7 Å². The quantitative estimate of drug-likeness (QED) is 0.850. The van der Waals surface area contributed by atoms with Crippen LogP contribution >= 0.6 is 22.9 Å². The molecule has 0 saturated carbocycles. The minimum Gasteiger partial charge on any atom is -0.313 e. The van der Waals surface area contributed by atoms with Crippen LogP contribution in [-0.2, 0) is 12.8 Å². The van der Waals surface area contributed by atoms with Crippen molar-refractivity contribution in [2.45, 2.75) is 25.8 Å². The van der Waals surface area contributed by atoms with Crippen molar-refractivity contribution < 1.29 is 4.39 Å². The van der Waals surface area contributed by atoms with Gasteiger partial charge in [0.1, 0.15) is 5.82 Å². The van der Waals surface area contributed by atoms with Crippen LogP contribution < -0.4 is 5.32 Å². The summed E-state index contributed by atoms with van der Waals surface area (Å²) in [4.78, 5) is 2.63. The van der Waals surface area contributed by atoms with Gasteiger partial charge in [0.15, 0.2) is 0 Å². The first-order valence-electron chi connectivity index (χ1n) is 6.33. The van der Waals surface area contributed by atoms with Crippen molar-refractivity contribution in [1.82, 2.24) is 5.32 Å². The van der Waals surface area contributed by atoms with Crippen molar-refractivity contribution in [2.75, 3.05) is 7.05 Å². The lowest BCUT2D eigenvalue weighted by Crippen LogP contribution is -2.19. The predicted octanol–water partition coefficient (Wildman–Crippen LogP) is 4.61. The van der Waals surface area contributed by atoms with Crippen LogP contribution in [0.4, 0.5) is 4.39 Å². The normalized spacial score (nSPS) is 12.6. The number of aryl methyl sites for hydroxylation is 1. The van der Waals surface area contributed by atoms with Gasteiger partial charge in [0.25, 0.3) is 0 Å². The predicted molar refractivity (Wildman–Crippen MR) is 80.6 cm³/mol. The van der Waals surface area contributed by atoms with Crippen LogP contribution in [0, 0.1) is 5.82 Å². The Kier molecular flexibility index (Phi) is 4.97. The molecule has 0 aliphatic heterocycles. The van der Waals surface area contributed by atoms with Crippen LogP contribution in [-0.4, -0.2) is 7.05 Å². The van der Waals surface area contributed by atoms with Gasteiger partial charge in [0.05, 0.1) is 0 Å². The van der Waals surface area contributed by atoms with Gasteiger partial charge in [-0.3, -0.25) is 0 Å². The van der Waals surface area contributed by atoms with E-state index < -0.39 is 0 Å². The third kappa shape index (κ3) is 3.56. The lowest BCUT2D eigenvalue weighted by Gasteiger charge is -2.16. The number of halogens is 2. The maximum absolute atomic E-state index is 13.9. The molecule has 0 amide bonds. The molecule has 0 radical (unpaired) electrons. The first kappa shape index (κ1) is 14.5. The van der Waals surface area contributed by atoms with E-state index in [-0.39, 0.29) is 11.9 Å². The molecule has 4 heteroatoms. The average molecular weight is 298 g/mol. The van der Waals surface area contributed by atoms with E-state index in [4.69, 9.17) is 11.6 Å². The van der Waals surface area contributed by atoms with E-state index in [1.807, 2.05) is 7.05 Å². The highest BCUT2D eigenvalue weighted by Crippen LogP contribution is 2.26. The maximum atomic E-state index is 13.9. The smallest absolute Gasteiger partial charge is 0.129 e. The summed E-state index contributed by atoms with van der Waals surface area (Å²) in [6.45, 7) is 2.14. The van der Waals surface area contributed by atoms with Crippen LogP contribution in [0.25, 0.3) is 0 Å². The molecule has 1 aromatic carbocycles. The summed E-state index contributed by atoms with van der Waals surface area (Å²) in [7, 11) is 1.85. The van der Waals surface area contributed by atoms with Gasteiger partial charge in [-0.25, -0.2) is 4.39 Å². The van der Waals surface area contributed by atoms with Gasteiger partial charge in [-0.1, -0.05) is 24.6 Å². The van der Waals surface area contributed by atoms with E-state index >= 15 is 0 Å². The third-order valence-electron chi connectivity index (χ3n) is 3.16. The van der Waals surface area contributed by atoms with Crippen LogP contribution in [0.2, 0.25) is 5.02 Å². The Balaban J connectivity index is 2.19. The van der Waals surface area contributed by atoms with E-state index in [0.29, 0.717) is 10.6 Å². The third-order valence-corrected chi connectivity index (χ3v) is 4.64. The Morgan fingerprint density at radius 1 is 1.26 bits per heavy atom. The highest BCUT2D eigenvalue weighted by Gasteiger charge is 2.15. The minimum atomic E-state index is -0.251. The summed E-state index contributed by atoms with van der Waals surface area (Å²) >= 11 is 7.58. The summed E-state index contributed by atoms with van der Waals surface area (Å²) in [5.74, 6) is -0.251. The van der Waals surface area contributed by atoms with Crippen LogP contribution in [0.3, 0.4) is 0 Å². The molecule has 2 aromatic rings. The topological polar surface area (TPSA) is 12.0 Å². The van der Waals surface area contributed by atoms with Gasteiger partial charge >= 0.3 is 0 Å². The van der Waals surface area contributed by atoms with Crippen LogP contribution in [0.15, 0.2) is 30.3 Å². The van der Waals surface area contributed by atoms with Gasteiger partial charge < -0.3 is 5.32 Å². The van der Waals surface area contributed by atoms with E-state index in [0.717, 1.165) is 12.8 Å². The summed E-state index contributed by atoms with van der Waals surface area (Å²) in [6, 6.07) is 9.10. The average Bonchev–Trinajstić information content (AvgIpc) is 2.84. The molecule has 0 spiro atoms. The number of nitrogens with one attached hydrogen (secondary N) is 1. The molecule has 0 fully saturated rings. The number of benzene rings is 1. The van der Waals surface area contributed by atoms with Crippen molar-refractivity contribution in [1.29, 1.82) is 0 Å². The Hall–Kier alpha value is -0.900. The number of hydrogen-bond donors (Lipinski definition) is 1. The van der Waals surface area contributed by atoms with Gasteiger partial charge in [0.2, 0.25) is 0 Å². The van der Waals surface area contributed by atoms with E-state index in [1.165, 1.54) is 15.8 Å². The van der Waals surface area contributed by atoms with Crippen molar-refractivity contribution in [3.63, 3.8) is 0 Å². The molecule has 19 heavy (non-hydrogen) atoms. The standard InChI is InChI=1S/C15H17ClFNS/c1-3-11-5-6-12(19-11)9-15(18-2)13-7-4-10(16)8-14(13)17/h4-8,15,18H,3,9H2,1-2H3. The zero-order valence-electron chi connectivity index (χ0n) is 11.0. The Bertz CT molecular complexity index is 553. The van der Waals surface area contributed by atoms with E-state index in [2.05, 4.69) is 24.4 Å². The second-order valence-electron chi connectivity index (χ2n) is 4.43. The molecule has 0 aliphatic carbocycles. The van der Waals surface area contributed by atoms with Crippen LogP contribution in [0.1, 0.15) is 28.3 Å². The number of rotatable bonds is 5. The van der Waals surface area contributed by atoms with Crippen molar-refractivity contribution >= 4 is 22.9 Å². The Morgan fingerprint density at radius 2 is 2.00 bits per heavy atom. The lowest BCUT2D eigenvalue weighted by molar-refractivity contribution is 0.536. The van der Waals surface area contributed by atoms with Gasteiger partial charge in [-0.15, -0.1) is 11.3 Å². The molecule has 0 bridgehead atoms. The minimum absolute atomic E-state index is 0.0272. The van der Waals surface area contributed by atoms with Crippen molar-refractivity contribution in [3.05, 3.63) is 56.5 Å². The molecule has 0 saturated heterocycles. The largest absolute Gasteiger partial charge is 0.313 e. The molecule has 1 nitrogen and oxygen atoms in total. The highest BCUT2D eigenvalue weighted by molar-refractivity contribution is 7.11. The molecule has 1 N–H and O–H groups in total. The fraction of sp³-hybridized carbons (Fsp3) is 0.333. The highest BCUT2D eigenvalue weighted by atomic mass is 35.5. The fourth-order valence-electron chi connectivity index (χ4n) is 2.07. The van der Waals surface area contributed by atoms with Crippen LogP contribution in [0.5, 0.6) is 0 Å². The maximum Gasteiger partial charge on any atom is 0.129 e. The molecule has 1 atom stereocenters. The van der Waals surface area contributed by atoms with Gasteiger partial charge in [0, 0.05) is 32.8 Å². The van der Waals surface area contributed by atoms with E-state index in [1.54, 1.807) is 23.5 Å².